The Kier molecular flexibility index (Phi) is 4.02. The van der Waals surface area contributed by atoms with Gasteiger partial charge in [-0.25, -0.2) is 0 Å². The number of carbonyl (C=O) groups is 1. The molecule has 0 fully saturated rings. The smallest absolute Gasteiger partial charge is 0.198 e. The minimum Gasteiger partial charge on any atom is -0.488 e. The maximum absolute atomic E-state index is 12.8. The molecule has 28 heavy (non-hydrogen) atoms. The third kappa shape index (κ3) is 2.80. The van der Waals surface area contributed by atoms with E-state index in [1.54, 1.807) is 0 Å². The zero-order valence-electron chi connectivity index (χ0n) is 15.3. The monoisotopic (exact) mass is 362 g/mol. The molecule has 0 bridgehead atoms. The van der Waals surface area contributed by atoms with Crippen molar-refractivity contribution in [3.05, 3.63) is 114 Å². The van der Waals surface area contributed by atoms with E-state index in [-0.39, 0.29) is 5.78 Å². The van der Waals surface area contributed by atoms with Crippen molar-refractivity contribution in [2.75, 3.05) is 0 Å². The number of hydrogen-bond donors (Lipinski definition) is 0. The van der Waals surface area contributed by atoms with E-state index in [0.717, 1.165) is 22.3 Å². The number of ether oxygens (including phenoxy) is 1. The SMILES string of the molecule is O=C1c2ccccc2-c2cccc(OCc3ccc(-c4ccccc4)cc3)c21. The Balaban J connectivity index is 1.38. The van der Waals surface area contributed by atoms with Crippen molar-refractivity contribution in [1.82, 2.24) is 0 Å². The molecule has 5 rings (SSSR count). The van der Waals surface area contributed by atoms with Gasteiger partial charge in [0.25, 0.3) is 0 Å². The summed E-state index contributed by atoms with van der Waals surface area (Å²) in [6.07, 6.45) is 0. The zero-order chi connectivity index (χ0) is 18.9. The van der Waals surface area contributed by atoms with Crippen molar-refractivity contribution in [2.45, 2.75) is 6.61 Å². The number of hydrogen-bond acceptors (Lipinski definition) is 2. The molecule has 0 unspecified atom stereocenters. The minimum atomic E-state index is 0.0422. The summed E-state index contributed by atoms with van der Waals surface area (Å²) in [6.45, 7) is 0.426. The number of fused-ring (bicyclic) bond motifs is 3. The van der Waals surface area contributed by atoms with Crippen LogP contribution in [0.2, 0.25) is 0 Å². The van der Waals surface area contributed by atoms with Gasteiger partial charge in [0, 0.05) is 5.56 Å². The van der Waals surface area contributed by atoms with Crippen LogP contribution in [0.5, 0.6) is 5.75 Å². The lowest BCUT2D eigenvalue weighted by atomic mass is 10.0. The van der Waals surface area contributed by atoms with Crippen molar-refractivity contribution < 1.29 is 9.53 Å². The standard InChI is InChI=1S/C26H18O2/c27-26-23-10-5-4-9-21(23)22-11-6-12-24(25(22)26)28-17-18-13-15-20(16-14-18)19-7-2-1-3-8-19/h1-16H,17H2. The number of carbonyl (C=O) groups excluding carboxylic acids is 1. The summed E-state index contributed by atoms with van der Waals surface area (Å²) in [5, 5.41) is 0. The van der Waals surface area contributed by atoms with Gasteiger partial charge in [-0.3, -0.25) is 4.79 Å². The normalized spacial score (nSPS) is 11.8. The Morgan fingerprint density at radius 3 is 2.00 bits per heavy atom. The average molecular weight is 362 g/mol. The van der Waals surface area contributed by atoms with E-state index in [1.165, 1.54) is 11.1 Å². The van der Waals surface area contributed by atoms with Gasteiger partial charge in [-0.05, 0) is 33.9 Å². The van der Waals surface area contributed by atoms with Gasteiger partial charge < -0.3 is 4.74 Å². The van der Waals surface area contributed by atoms with Gasteiger partial charge in [-0.1, -0.05) is 91.0 Å². The molecule has 0 spiro atoms. The fraction of sp³-hybridized carbons (Fsp3) is 0.0385. The first-order valence-electron chi connectivity index (χ1n) is 9.35. The second-order valence-corrected chi connectivity index (χ2v) is 6.91. The Morgan fingerprint density at radius 2 is 1.21 bits per heavy atom. The molecule has 0 aliphatic heterocycles. The molecule has 0 aromatic heterocycles. The molecule has 0 radical (unpaired) electrons. The van der Waals surface area contributed by atoms with Crippen molar-refractivity contribution >= 4 is 5.78 Å². The zero-order valence-corrected chi connectivity index (χ0v) is 15.3. The first-order valence-corrected chi connectivity index (χ1v) is 9.35. The van der Waals surface area contributed by atoms with Crippen LogP contribution in [0.1, 0.15) is 21.5 Å². The highest BCUT2D eigenvalue weighted by Gasteiger charge is 2.29. The highest BCUT2D eigenvalue weighted by Crippen LogP contribution is 2.41. The highest BCUT2D eigenvalue weighted by atomic mass is 16.5. The molecule has 0 atom stereocenters. The summed E-state index contributed by atoms with van der Waals surface area (Å²) in [5.74, 6) is 0.687. The minimum absolute atomic E-state index is 0.0422. The van der Waals surface area contributed by atoms with Crippen LogP contribution in [0.25, 0.3) is 22.3 Å². The molecule has 4 aromatic carbocycles. The van der Waals surface area contributed by atoms with Crippen LogP contribution in [-0.2, 0) is 6.61 Å². The van der Waals surface area contributed by atoms with Crippen LogP contribution < -0.4 is 4.74 Å². The number of ketones is 1. The van der Waals surface area contributed by atoms with Gasteiger partial charge in [0.1, 0.15) is 12.4 Å². The first kappa shape index (κ1) is 16.5. The van der Waals surface area contributed by atoms with E-state index < -0.39 is 0 Å². The number of rotatable bonds is 4. The van der Waals surface area contributed by atoms with Gasteiger partial charge in [0.05, 0.1) is 5.56 Å². The quantitative estimate of drug-likeness (QED) is 0.384. The molecule has 2 nitrogen and oxygen atoms in total. The van der Waals surface area contributed by atoms with Gasteiger partial charge in [0.15, 0.2) is 5.78 Å². The molecule has 1 aliphatic rings. The largest absolute Gasteiger partial charge is 0.488 e. The molecule has 0 saturated carbocycles. The lowest BCUT2D eigenvalue weighted by Crippen LogP contribution is -2.02. The molecule has 0 saturated heterocycles. The van der Waals surface area contributed by atoms with Crippen molar-refractivity contribution in [3.8, 4) is 28.0 Å². The summed E-state index contributed by atoms with van der Waals surface area (Å²) >= 11 is 0. The van der Waals surface area contributed by atoms with E-state index in [0.29, 0.717) is 17.9 Å². The molecule has 2 heteroatoms. The molecule has 4 aromatic rings. The Labute approximate surface area is 164 Å². The summed E-state index contributed by atoms with van der Waals surface area (Å²) in [7, 11) is 0. The molecule has 0 amide bonds. The number of benzene rings is 4. The summed E-state index contributed by atoms with van der Waals surface area (Å²) in [5.41, 5.74) is 6.80. The van der Waals surface area contributed by atoms with E-state index in [4.69, 9.17) is 4.74 Å². The van der Waals surface area contributed by atoms with E-state index in [1.807, 2.05) is 60.7 Å². The van der Waals surface area contributed by atoms with Crippen LogP contribution in [0, 0.1) is 0 Å². The molecule has 0 N–H and O–H groups in total. The first-order chi connectivity index (χ1) is 13.8. The van der Waals surface area contributed by atoms with E-state index in [2.05, 4.69) is 36.4 Å². The Bertz CT molecular complexity index is 1160. The van der Waals surface area contributed by atoms with Crippen LogP contribution in [0.3, 0.4) is 0 Å². The fourth-order valence-electron chi connectivity index (χ4n) is 3.75. The van der Waals surface area contributed by atoms with E-state index in [9.17, 15) is 4.79 Å². The molecule has 1 aliphatic carbocycles. The molecule has 134 valence electrons. The maximum atomic E-state index is 12.8. The third-order valence-electron chi connectivity index (χ3n) is 5.17. The lowest BCUT2D eigenvalue weighted by Gasteiger charge is -2.11. The van der Waals surface area contributed by atoms with Gasteiger partial charge in [-0.15, -0.1) is 0 Å². The van der Waals surface area contributed by atoms with E-state index >= 15 is 0 Å². The summed E-state index contributed by atoms with van der Waals surface area (Å²) in [6, 6.07) is 32.2. The second kappa shape index (κ2) is 6.82. The summed E-state index contributed by atoms with van der Waals surface area (Å²) < 4.78 is 6.06. The van der Waals surface area contributed by atoms with Crippen molar-refractivity contribution in [3.63, 3.8) is 0 Å². The average Bonchev–Trinajstić information content (AvgIpc) is 3.06. The third-order valence-corrected chi connectivity index (χ3v) is 5.17. The van der Waals surface area contributed by atoms with Gasteiger partial charge in [-0.2, -0.15) is 0 Å². The fourth-order valence-corrected chi connectivity index (χ4v) is 3.75. The molecule has 0 heterocycles. The highest BCUT2D eigenvalue weighted by molar-refractivity contribution is 6.23. The van der Waals surface area contributed by atoms with Crippen molar-refractivity contribution in [2.24, 2.45) is 0 Å². The lowest BCUT2D eigenvalue weighted by molar-refractivity contribution is 0.103. The van der Waals surface area contributed by atoms with Crippen LogP contribution in [0.4, 0.5) is 0 Å². The topological polar surface area (TPSA) is 26.3 Å². The Morgan fingerprint density at radius 1 is 0.571 bits per heavy atom. The van der Waals surface area contributed by atoms with Gasteiger partial charge in [0.2, 0.25) is 0 Å². The van der Waals surface area contributed by atoms with Crippen LogP contribution in [-0.4, -0.2) is 5.78 Å². The second-order valence-electron chi connectivity index (χ2n) is 6.91. The Hall–Kier alpha value is -3.65. The van der Waals surface area contributed by atoms with Crippen LogP contribution >= 0.6 is 0 Å². The molecular formula is C26H18O2. The summed E-state index contributed by atoms with van der Waals surface area (Å²) in [4.78, 5) is 12.8. The predicted octanol–water partition coefficient (Wildman–Crippen LogP) is 6.14. The predicted molar refractivity (Wildman–Crippen MR) is 112 cm³/mol. The van der Waals surface area contributed by atoms with Crippen LogP contribution in [0.15, 0.2) is 97.1 Å². The van der Waals surface area contributed by atoms with Gasteiger partial charge >= 0.3 is 0 Å². The molecular weight excluding hydrogens is 344 g/mol. The van der Waals surface area contributed by atoms with Crippen molar-refractivity contribution in [1.29, 1.82) is 0 Å². The maximum Gasteiger partial charge on any atom is 0.198 e.